The first-order valence-electron chi connectivity index (χ1n) is 7.67. The number of hydrogen-bond acceptors (Lipinski definition) is 6. The number of benzene rings is 1. The number of carbonyl (C=O) groups is 4. The Hall–Kier alpha value is -2.75. The van der Waals surface area contributed by atoms with Crippen molar-refractivity contribution in [3.8, 4) is 5.75 Å². The van der Waals surface area contributed by atoms with Crippen LogP contribution in [0.4, 0.5) is 0 Å². The maximum absolute atomic E-state index is 11.6. The minimum atomic E-state index is -1.68. The highest BCUT2D eigenvalue weighted by molar-refractivity contribution is 7.98. The summed E-state index contributed by atoms with van der Waals surface area (Å²) in [7, 11) is 1.61. The second-order valence-corrected chi connectivity index (χ2v) is 6.12. The first-order chi connectivity index (χ1) is 12.4. The SMILES string of the molecule is COc1ccc(CSCCNC(=O)CNC(=O)CNC(=O)C(=O)O)cc1. The summed E-state index contributed by atoms with van der Waals surface area (Å²) in [6.07, 6.45) is 0. The molecule has 0 aromatic heterocycles. The van der Waals surface area contributed by atoms with Crippen molar-refractivity contribution in [3.05, 3.63) is 29.8 Å². The van der Waals surface area contributed by atoms with Crippen LogP contribution in [-0.4, -0.2) is 61.3 Å². The van der Waals surface area contributed by atoms with E-state index in [1.807, 2.05) is 29.6 Å². The first kappa shape index (κ1) is 21.3. The lowest BCUT2D eigenvalue weighted by atomic mass is 10.2. The predicted molar refractivity (Wildman–Crippen MR) is 95.8 cm³/mol. The Labute approximate surface area is 154 Å². The molecule has 9 nitrogen and oxygen atoms in total. The topological polar surface area (TPSA) is 134 Å². The van der Waals surface area contributed by atoms with Crippen LogP contribution < -0.4 is 20.7 Å². The Kier molecular flexibility index (Phi) is 9.62. The van der Waals surface area contributed by atoms with Crippen molar-refractivity contribution >= 4 is 35.5 Å². The molecule has 0 bridgehead atoms. The van der Waals surface area contributed by atoms with Gasteiger partial charge in [-0.1, -0.05) is 12.1 Å². The van der Waals surface area contributed by atoms with E-state index >= 15 is 0 Å². The van der Waals surface area contributed by atoms with E-state index in [0.29, 0.717) is 12.3 Å². The predicted octanol–water partition coefficient (Wildman–Crippen LogP) is -0.638. The number of aliphatic carboxylic acids is 1. The molecule has 0 spiro atoms. The molecule has 0 radical (unpaired) electrons. The van der Waals surface area contributed by atoms with E-state index < -0.39 is 24.3 Å². The first-order valence-corrected chi connectivity index (χ1v) is 8.83. The molecule has 142 valence electrons. The van der Waals surface area contributed by atoms with Gasteiger partial charge in [0, 0.05) is 18.1 Å². The van der Waals surface area contributed by atoms with Crippen LogP contribution >= 0.6 is 11.8 Å². The molecule has 0 fully saturated rings. The summed E-state index contributed by atoms with van der Waals surface area (Å²) in [5.41, 5.74) is 1.15. The molecule has 0 atom stereocenters. The number of nitrogens with one attached hydrogen (secondary N) is 3. The van der Waals surface area contributed by atoms with Gasteiger partial charge in [0.2, 0.25) is 11.8 Å². The van der Waals surface area contributed by atoms with Gasteiger partial charge in [0.25, 0.3) is 0 Å². The summed E-state index contributed by atoms with van der Waals surface area (Å²) in [5, 5.41) is 15.2. The van der Waals surface area contributed by atoms with Crippen LogP contribution in [0.3, 0.4) is 0 Å². The Morgan fingerprint density at radius 3 is 2.23 bits per heavy atom. The molecule has 0 aliphatic carbocycles. The zero-order valence-corrected chi connectivity index (χ0v) is 15.1. The van der Waals surface area contributed by atoms with Crippen LogP contribution in [0.5, 0.6) is 5.75 Å². The molecule has 0 aliphatic heterocycles. The number of methoxy groups -OCH3 is 1. The van der Waals surface area contributed by atoms with Gasteiger partial charge in [0.05, 0.1) is 20.2 Å². The van der Waals surface area contributed by atoms with E-state index in [2.05, 4.69) is 10.6 Å². The molecule has 10 heteroatoms. The van der Waals surface area contributed by atoms with Crippen LogP contribution in [-0.2, 0) is 24.9 Å². The van der Waals surface area contributed by atoms with E-state index in [9.17, 15) is 19.2 Å². The highest BCUT2D eigenvalue weighted by atomic mass is 32.2. The molecule has 1 rings (SSSR count). The van der Waals surface area contributed by atoms with Gasteiger partial charge >= 0.3 is 11.9 Å². The molecule has 0 saturated carbocycles. The second kappa shape index (κ2) is 11.7. The van der Waals surface area contributed by atoms with E-state index in [4.69, 9.17) is 9.84 Å². The lowest BCUT2D eigenvalue weighted by Crippen LogP contribution is -2.43. The Morgan fingerprint density at radius 2 is 1.62 bits per heavy atom. The molecule has 26 heavy (non-hydrogen) atoms. The van der Waals surface area contributed by atoms with Gasteiger partial charge in [-0.15, -0.1) is 0 Å². The van der Waals surface area contributed by atoms with Crippen LogP contribution in [0.15, 0.2) is 24.3 Å². The minimum Gasteiger partial charge on any atom is -0.497 e. The van der Waals surface area contributed by atoms with Gasteiger partial charge in [-0.3, -0.25) is 14.4 Å². The summed E-state index contributed by atoms with van der Waals surface area (Å²) < 4.78 is 5.08. The molecule has 3 amide bonds. The third kappa shape index (κ3) is 8.92. The highest BCUT2D eigenvalue weighted by Gasteiger charge is 2.12. The molecule has 0 aliphatic rings. The maximum Gasteiger partial charge on any atom is 0.394 e. The third-order valence-corrected chi connectivity index (χ3v) is 4.08. The van der Waals surface area contributed by atoms with E-state index in [1.165, 1.54) is 0 Å². The molecular weight excluding hydrogens is 362 g/mol. The molecule has 1 aromatic rings. The second-order valence-electron chi connectivity index (χ2n) is 5.02. The van der Waals surface area contributed by atoms with Crippen LogP contribution in [0.1, 0.15) is 5.56 Å². The summed E-state index contributed by atoms with van der Waals surface area (Å²) in [5.74, 6) is -1.66. The van der Waals surface area contributed by atoms with Gasteiger partial charge < -0.3 is 25.8 Å². The largest absolute Gasteiger partial charge is 0.497 e. The summed E-state index contributed by atoms with van der Waals surface area (Å²) >= 11 is 1.65. The summed E-state index contributed by atoms with van der Waals surface area (Å²) in [4.78, 5) is 43.9. The van der Waals surface area contributed by atoms with Crippen molar-refractivity contribution in [3.63, 3.8) is 0 Å². The van der Waals surface area contributed by atoms with E-state index in [-0.39, 0.29) is 12.5 Å². The number of amides is 3. The number of hydrogen-bond donors (Lipinski definition) is 4. The standard InChI is InChI=1S/C16H21N3O6S/c1-25-12-4-2-11(3-5-12)10-26-7-6-17-13(20)8-18-14(21)9-19-15(22)16(23)24/h2-5H,6-10H2,1H3,(H,17,20)(H,18,21)(H,19,22)(H,23,24). The van der Waals surface area contributed by atoms with Crippen molar-refractivity contribution < 1.29 is 29.0 Å². The van der Waals surface area contributed by atoms with Gasteiger partial charge in [-0.2, -0.15) is 11.8 Å². The number of rotatable bonds is 10. The van der Waals surface area contributed by atoms with Gasteiger partial charge in [0.1, 0.15) is 5.75 Å². The molecule has 0 unspecified atom stereocenters. The van der Waals surface area contributed by atoms with Crippen molar-refractivity contribution in [1.29, 1.82) is 0 Å². The lowest BCUT2D eigenvalue weighted by molar-refractivity contribution is -0.150. The van der Waals surface area contributed by atoms with E-state index in [0.717, 1.165) is 17.1 Å². The van der Waals surface area contributed by atoms with Crippen molar-refractivity contribution in [2.75, 3.05) is 32.5 Å². The Morgan fingerprint density at radius 1 is 1.00 bits per heavy atom. The van der Waals surface area contributed by atoms with Crippen molar-refractivity contribution in [2.45, 2.75) is 5.75 Å². The molecule has 0 saturated heterocycles. The maximum atomic E-state index is 11.6. The number of thioether (sulfide) groups is 1. The molecular formula is C16H21N3O6S. The fraction of sp³-hybridized carbons (Fsp3) is 0.375. The highest BCUT2D eigenvalue weighted by Crippen LogP contribution is 2.16. The Balaban J connectivity index is 2.08. The van der Waals surface area contributed by atoms with Crippen LogP contribution in [0.2, 0.25) is 0 Å². The average Bonchev–Trinajstić information content (AvgIpc) is 2.64. The summed E-state index contributed by atoms with van der Waals surface area (Å²) in [6, 6.07) is 7.73. The number of ether oxygens (including phenoxy) is 1. The van der Waals surface area contributed by atoms with Gasteiger partial charge in [-0.25, -0.2) is 4.79 Å². The van der Waals surface area contributed by atoms with Gasteiger partial charge in [0.15, 0.2) is 0 Å². The average molecular weight is 383 g/mol. The lowest BCUT2D eigenvalue weighted by Gasteiger charge is -2.07. The van der Waals surface area contributed by atoms with Gasteiger partial charge in [-0.05, 0) is 17.7 Å². The molecule has 4 N–H and O–H groups in total. The smallest absolute Gasteiger partial charge is 0.394 e. The monoisotopic (exact) mass is 383 g/mol. The normalized spacial score (nSPS) is 9.88. The van der Waals surface area contributed by atoms with Crippen LogP contribution in [0.25, 0.3) is 0 Å². The quantitative estimate of drug-likeness (QED) is 0.312. The van der Waals surface area contributed by atoms with E-state index in [1.54, 1.807) is 18.9 Å². The fourth-order valence-corrected chi connectivity index (χ4v) is 2.53. The minimum absolute atomic E-state index is 0.245. The molecule has 0 heterocycles. The zero-order valence-electron chi connectivity index (χ0n) is 14.2. The van der Waals surface area contributed by atoms with Crippen LogP contribution in [0, 0.1) is 0 Å². The Bertz CT molecular complexity index is 635. The number of carboxylic acids is 1. The van der Waals surface area contributed by atoms with Crippen molar-refractivity contribution in [2.24, 2.45) is 0 Å². The fourth-order valence-electron chi connectivity index (χ4n) is 1.71. The zero-order chi connectivity index (χ0) is 19.4. The number of carboxylic acid groups (broad SMARTS) is 1. The van der Waals surface area contributed by atoms with Crippen molar-refractivity contribution in [1.82, 2.24) is 16.0 Å². The molecule has 1 aromatic carbocycles. The number of carbonyl (C=O) groups excluding carboxylic acids is 3. The third-order valence-electron chi connectivity index (χ3n) is 3.05. The summed E-state index contributed by atoms with van der Waals surface area (Å²) in [6.45, 7) is -0.299.